The van der Waals surface area contributed by atoms with E-state index in [0.717, 1.165) is 11.1 Å². The van der Waals surface area contributed by atoms with Crippen molar-refractivity contribution in [2.45, 2.75) is 26.7 Å². The number of carboxylic acids is 1. The fourth-order valence-corrected chi connectivity index (χ4v) is 2.28. The first-order valence-corrected chi connectivity index (χ1v) is 6.74. The molecule has 1 heterocycles. The highest BCUT2D eigenvalue weighted by atomic mass is 16.6. The molecule has 0 radical (unpaired) electrons. The van der Waals surface area contributed by atoms with E-state index in [4.69, 9.17) is 9.84 Å². The summed E-state index contributed by atoms with van der Waals surface area (Å²) in [4.78, 5) is 24.5. The van der Waals surface area contributed by atoms with Crippen LogP contribution in [-0.4, -0.2) is 35.2 Å². The Hall–Kier alpha value is -2.04. The van der Waals surface area contributed by atoms with Crippen molar-refractivity contribution in [3.8, 4) is 5.75 Å². The molecule has 5 heteroatoms. The maximum Gasteiger partial charge on any atom is 0.415 e. The van der Waals surface area contributed by atoms with E-state index in [1.807, 2.05) is 32.0 Å². The van der Waals surface area contributed by atoms with Crippen molar-refractivity contribution < 1.29 is 19.4 Å². The Balaban J connectivity index is 1.96. The number of rotatable bonds is 2. The molecule has 0 atom stereocenters. The lowest BCUT2D eigenvalue weighted by Crippen LogP contribution is -2.41. The van der Waals surface area contributed by atoms with Gasteiger partial charge in [-0.15, -0.1) is 0 Å². The lowest BCUT2D eigenvalue weighted by atomic mass is 9.97. The first-order valence-electron chi connectivity index (χ1n) is 6.74. The number of benzene rings is 1. The predicted octanol–water partition coefficient (Wildman–Crippen LogP) is 2.60. The van der Waals surface area contributed by atoms with Gasteiger partial charge in [0.1, 0.15) is 5.75 Å². The molecular formula is C15H19NO4. The van der Waals surface area contributed by atoms with Crippen LogP contribution in [0.25, 0.3) is 0 Å². The third-order valence-electron chi connectivity index (χ3n) is 3.64. The van der Waals surface area contributed by atoms with Gasteiger partial charge in [-0.25, -0.2) is 4.79 Å². The van der Waals surface area contributed by atoms with Gasteiger partial charge in [0.2, 0.25) is 0 Å². The van der Waals surface area contributed by atoms with E-state index in [9.17, 15) is 9.59 Å². The summed E-state index contributed by atoms with van der Waals surface area (Å²) in [7, 11) is 0. The van der Waals surface area contributed by atoms with Crippen molar-refractivity contribution in [1.29, 1.82) is 0 Å². The van der Waals surface area contributed by atoms with Crippen LogP contribution in [0.1, 0.15) is 24.0 Å². The molecule has 2 rings (SSSR count). The second-order valence-electron chi connectivity index (χ2n) is 5.24. The van der Waals surface area contributed by atoms with Crippen molar-refractivity contribution in [3.63, 3.8) is 0 Å². The zero-order valence-electron chi connectivity index (χ0n) is 11.8. The molecule has 1 aliphatic heterocycles. The Labute approximate surface area is 118 Å². The van der Waals surface area contributed by atoms with Crippen molar-refractivity contribution in [3.05, 3.63) is 29.3 Å². The molecule has 1 aromatic rings. The number of nitrogens with zero attached hydrogens (tertiary/aromatic N) is 1. The van der Waals surface area contributed by atoms with Gasteiger partial charge in [-0.3, -0.25) is 4.79 Å². The van der Waals surface area contributed by atoms with Crippen molar-refractivity contribution in [2.24, 2.45) is 5.92 Å². The number of aliphatic carboxylic acids is 1. The molecule has 0 aromatic heterocycles. The Kier molecular flexibility index (Phi) is 4.27. The summed E-state index contributed by atoms with van der Waals surface area (Å²) in [5, 5.41) is 8.93. The van der Waals surface area contributed by atoms with Crippen molar-refractivity contribution in [1.82, 2.24) is 4.90 Å². The largest absolute Gasteiger partial charge is 0.481 e. The van der Waals surface area contributed by atoms with Gasteiger partial charge >= 0.3 is 12.1 Å². The van der Waals surface area contributed by atoms with Crippen LogP contribution in [0, 0.1) is 19.8 Å². The molecule has 20 heavy (non-hydrogen) atoms. The summed E-state index contributed by atoms with van der Waals surface area (Å²) in [6, 6.07) is 5.71. The predicted molar refractivity (Wildman–Crippen MR) is 73.9 cm³/mol. The van der Waals surface area contributed by atoms with Gasteiger partial charge in [0.05, 0.1) is 5.92 Å². The quantitative estimate of drug-likeness (QED) is 0.902. The molecule has 0 saturated carbocycles. The fourth-order valence-electron chi connectivity index (χ4n) is 2.28. The van der Waals surface area contributed by atoms with E-state index >= 15 is 0 Å². The highest BCUT2D eigenvalue weighted by molar-refractivity contribution is 5.73. The lowest BCUT2D eigenvalue weighted by Gasteiger charge is -2.29. The minimum Gasteiger partial charge on any atom is -0.481 e. The van der Waals surface area contributed by atoms with Crippen LogP contribution in [0.5, 0.6) is 5.75 Å². The monoisotopic (exact) mass is 277 g/mol. The highest BCUT2D eigenvalue weighted by Crippen LogP contribution is 2.22. The summed E-state index contributed by atoms with van der Waals surface area (Å²) in [6.07, 6.45) is 0.566. The number of carbonyl (C=O) groups is 2. The molecule has 1 aromatic carbocycles. The minimum atomic E-state index is -0.785. The van der Waals surface area contributed by atoms with Crippen LogP contribution in [-0.2, 0) is 4.79 Å². The smallest absolute Gasteiger partial charge is 0.415 e. The number of aryl methyl sites for hydroxylation is 2. The number of hydrogen-bond acceptors (Lipinski definition) is 3. The van der Waals surface area contributed by atoms with E-state index in [2.05, 4.69) is 0 Å². The summed E-state index contributed by atoms with van der Waals surface area (Å²) < 4.78 is 5.40. The van der Waals surface area contributed by atoms with E-state index in [1.165, 1.54) is 0 Å². The fraction of sp³-hybridized carbons (Fsp3) is 0.467. The summed E-state index contributed by atoms with van der Waals surface area (Å²) >= 11 is 0. The Morgan fingerprint density at radius 3 is 2.50 bits per heavy atom. The Morgan fingerprint density at radius 1 is 1.25 bits per heavy atom. The summed E-state index contributed by atoms with van der Waals surface area (Å²) in [6.45, 7) is 4.69. The van der Waals surface area contributed by atoms with Crippen molar-refractivity contribution >= 4 is 12.1 Å². The molecule has 0 aliphatic carbocycles. The van der Waals surface area contributed by atoms with Crippen LogP contribution in [0.3, 0.4) is 0 Å². The average molecular weight is 277 g/mol. The summed E-state index contributed by atoms with van der Waals surface area (Å²) in [5.74, 6) is -0.567. The number of likely N-dealkylation sites (tertiary alicyclic amines) is 1. The van der Waals surface area contributed by atoms with Crippen LogP contribution in [0.4, 0.5) is 4.79 Å². The summed E-state index contributed by atoms with van der Waals surface area (Å²) in [5.41, 5.74) is 1.94. The number of amides is 1. The number of ether oxygens (including phenoxy) is 1. The number of carboxylic acid groups (broad SMARTS) is 1. The van der Waals surface area contributed by atoms with Crippen LogP contribution >= 0.6 is 0 Å². The van der Waals surface area contributed by atoms with E-state index < -0.39 is 12.1 Å². The lowest BCUT2D eigenvalue weighted by molar-refractivity contribution is -0.143. The molecule has 5 nitrogen and oxygen atoms in total. The van der Waals surface area contributed by atoms with Gasteiger partial charge in [-0.1, -0.05) is 12.1 Å². The van der Waals surface area contributed by atoms with Gasteiger partial charge in [0, 0.05) is 13.1 Å². The van der Waals surface area contributed by atoms with E-state index in [1.54, 1.807) is 4.90 Å². The van der Waals surface area contributed by atoms with Crippen LogP contribution < -0.4 is 4.74 Å². The molecule has 1 aliphatic rings. The standard InChI is InChI=1S/C15H19NO4/c1-10-3-4-11(2)13(9-10)20-15(19)16-7-5-12(6-8-16)14(17)18/h3-4,9,12H,5-8H2,1-2H3,(H,17,18). The zero-order chi connectivity index (χ0) is 14.7. The molecule has 0 bridgehead atoms. The van der Waals surface area contributed by atoms with Crippen molar-refractivity contribution in [2.75, 3.05) is 13.1 Å². The second kappa shape index (κ2) is 5.94. The van der Waals surface area contributed by atoms with Gasteiger partial charge in [-0.05, 0) is 43.9 Å². The van der Waals surface area contributed by atoms with E-state index in [0.29, 0.717) is 31.7 Å². The highest BCUT2D eigenvalue weighted by Gasteiger charge is 2.28. The van der Waals surface area contributed by atoms with E-state index in [-0.39, 0.29) is 5.92 Å². The Morgan fingerprint density at radius 2 is 1.90 bits per heavy atom. The molecular weight excluding hydrogens is 258 g/mol. The topological polar surface area (TPSA) is 66.8 Å². The molecule has 0 unspecified atom stereocenters. The minimum absolute atomic E-state index is 0.347. The normalized spacial score (nSPS) is 16.0. The molecule has 108 valence electrons. The van der Waals surface area contributed by atoms with Gasteiger partial charge < -0.3 is 14.7 Å². The third kappa shape index (κ3) is 3.29. The number of hydrogen-bond donors (Lipinski definition) is 1. The number of piperidine rings is 1. The Bertz CT molecular complexity index is 519. The van der Waals surface area contributed by atoms with Gasteiger partial charge in [0.25, 0.3) is 0 Å². The second-order valence-corrected chi connectivity index (χ2v) is 5.24. The third-order valence-corrected chi connectivity index (χ3v) is 3.64. The molecule has 1 N–H and O–H groups in total. The number of carbonyl (C=O) groups excluding carboxylic acids is 1. The van der Waals surface area contributed by atoms with Crippen LogP contribution in [0.15, 0.2) is 18.2 Å². The maximum atomic E-state index is 12.1. The maximum absolute atomic E-state index is 12.1. The average Bonchev–Trinajstić information content (AvgIpc) is 2.43. The molecule has 1 saturated heterocycles. The SMILES string of the molecule is Cc1ccc(C)c(OC(=O)N2CCC(C(=O)O)CC2)c1. The first kappa shape index (κ1) is 14.4. The first-order chi connectivity index (χ1) is 9.47. The van der Waals surface area contributed by atoms with Gasteiger partial charge in [-0.2, -0.15) is 0 Å². The molecule has 0 spiro atoms. The van der Waals surface area contributed by atoms with Crippen LogP contribution in [0.2, 0.25) is 0 Å². The van der Waals surface area contributed by atoms with Gasteiger partial charge in [0.15, 0.2) is 0 Å². The molecule has 1 fully saturated rings. The zero-order valence-corrected chi connectivity index (χ0v) is 11.8. The molecule has 1 amide bonds.